The van der Waals surface area contributed by atoms with Gasteiger partial charge in [0.15, 0.2) is 11.5 Å². The summed E-state index contributed by atoms with van der Waals surface area (Å²) in [4.78, 5) is 11.6. The molecule has 5 heteroatoms. The van der Waals surface area contributed by atoms with Gasteiger partial charge in [0.25, 0.3) is 5.91 Å². The minimum Gasteiger partial charge on any atom is -0.504 e. The van der Waals surface area contributed by atoms with Crippen LogP contribution in [0.4, 0.5) is 0 Å². The predicted octanol–water partition coefficient (Wildman–Crippen LogP) is -0.201. The molecule has 0 aliphatic carbocycles. The summed E-state index contributed by atoms with van der Waals surface area (Å²) >= 11 is 0. The van der Waals surface area contributed by atoms with Crippen LogP contribution < -0.4 is 10.6 Å². The van der Waals surface area contributed by atoms with Crippen LogP contribution in [0, 0.1) is 0 Å². The number of phenolic OH excluding ortho intramolecular Hbond substituents is 2. The lowest BCUT2D eigenvalue weighted by molar-refractivity contribution is 0.0923. The van der Waals surface area contributed by atoms with Gasteiger partial charge in [-0.15, -0.1) is 0 Å². The standard InChI is InChI=1S/C10H12N2O3/c13-8-2-1-6(3-9(8)14)10(15)12-7-4-11-5-7/h1-3,7,11,13-14H,4-5H2,(H,12,15). The number of nitrogens with one attached hydrogen (secondary N) is 2. The third-order valence-corrected chi connectivity index (χ3v) is 2.35. The van der Waals surface area contributed by atoms with Crippen molar-refractivity contribution in [2.75, 3.05) is 13.1 Å². The maximum Gasteiger partial charge on any atom is 0.251 e. The Morgan fingerprint density at radius 2 is 2.07 bits per heavy atom. The minimum atomic E-state index is -0.283. The molecule has 0 saturated carbocycles. The predicted molar refractivity (Wildman–Crippen MR) is 53.9 cm³/mol. The van der Waals surface area contributed by atoms with E-state index < -0.39 is 0 Å². The second-order valence-corrected chi connectivity index (χ2v) is 3.53. The lowest BCUT2D eigenvalue weighted by atomic mass is 10.1. The van der Waals surface area contributed by atoms with Gasteiger partial charge in [-0.05, 0) is 18.2 Å². The van der Waals surface area contributed by atoms with E-state index in [1.807, 2.05) is 0 Å². The number of benzene rings is 1. The van der Waals surface area contributed by atoms with Gasteiger partial charge in [-0.2, -0.15) is 0 Å². The quantitative estimate of drug-likeness (QED) is 0.507. The first-order valence-electron chi connectivity index (χ1n) is 4.70. The summed E-state index contributed by atoms with van der Waals surface area (Å²) in [5.41, 5.74) is 0.345. The van der Waals surface area contributed by atoms with Gasteiger partial charge < -0.3 is 20.8 Å². The van der Waals surface area contributed by atoms with Crippen LogP contribution in [0.15, 0.2) is 18.2 Å². The Kier molecular flexibility index (Phi) is 2.47. The molecule has 1 aliphatic heterocycles. The van der Waals surface area contributed by atoms with Gasteiger partial charge in [-0.25, -0.2) is 0 Å². The monoisotopic (exact) mass is 208 g/mol. The number of carbonyl (C=O) groups excluding carboxylic acids is 1. The van der Waals surface area contributed by atoms with Crippen molar-refractivity contribution in [3.63, 3.8) is 0 Å². The van der Waals surface area contributed by atoms with Gasteiger partial charge in [0.2, 0.25) is 0 Å². The highest BCUT2D eigenvalue weighted by Gasteiger charge is 2.19. The fourth-order valence-corrected chi connectivity index (χ4v) is 1.32. The normalized spacial score (nSPS) is 15.7. The van der Waals surface area contributed by atoms with Crippen LogP contribution in [-0.2, 0) is 0 Å². The molecule has 15 heavy (non-hydrogen) atoms. The molecular weight excluding hydrogens is 196 g/mol. The van der Waals surface area contributed by atoms with Gasteiger partial charge >= 0.3 is 0 Å². The smallest absolute Gasteiger partial charge is 0.251 e. The number of aromatic hydroxyl groups is 2. The van der Waals surface area contributed by atoms with E-state index in [-0.39, 0.29) is 23.4 Å². The highest BCUT2D eigenvalue weighted by molar-refractivity contribution is 5.95. The number of amides is 1. The third kappa shape index (κ3) is 2.02. The summed E-state index contributed by atoms with van der Waals surface area (Å²) in [6.45, 7) is 1.55. The summed E-state index contributed by atoms with van der Waals surface area (Å²) in [6, 6.07) is 4.17. The molecule has 0 bridgehead atoms. The molecule has 1 saturated heterocycles. The number of rotatable bonds is 2. The maximum atomic E-state index is 11.6. The number of hydrogen-bond acceptors (Lipinski definition) is 4. The lowest BCUT2D eigenvalue weighted by Crippen LogP contribution is -2.56. The summed E-state index contributed by atoms with van der Waals surface area (Å²) in [7, 11) is 0. The van der Waals surface area contributed by atoms with Crippen LogP contribution in [0.2, 0.25) is 0 Å². The minimum absolute atomic E-state index is 0.161. The van der Waals surface area contributed by atoms with Crippen molar-refractivity contribution in [2.24, 2.45) is 0 Å². The molecule has 5 nitrogen and oxygen atoms in total. The fraction of sp³-hybridized carbons (Fsp3) is 0.300. The Balaban J connectivity index is 2.07. The Morgan fingerprint density at radius 3 is 2.60 bits per heavy atom. The molecular formula is C10H12N2O3. The van der Waals surface area contributed by atoms with Gasteiger partial charge in [0, 0.05) is 18.7 Å². The number of carbonyl (C=O) groups is 1. The van der Waals surface area contributed by atoms with E-state index in [1.54, 1.807) is 0 Å². The molecule has 0 atom stereocenters. The molecule has 1 amide bonds. The van der Waals surface area contributed by atoms with E-state index in [2.05, 4.69) is 10.6 Å². The number of hydrogen-bond donors (Lipinski definition) is 4. The van der Waals surface area contributed by atoms with E-state index >= 15 is 0 Å². The molecule has 0 unspecified atom stereocenters. The SMILES string of the molecule is O=C(NC1CNC1)c1ccc(O)c(O)c1. The highest BCUT2D eigenvalue weighted by atomic mass is 16.3. The summed E-state index contributed by atoms with van der Waals surface area (Å²) < 4.78 is 0. The summed E-state index contributed by atoms with van der Waals surface area (Å²) in [5, 5.41) is 24.1. The molecule has 2 rings (SSSR count). The van der Waals surface area contributed by atoms with Crippen LogP contribution in [0.1, 0.15) is 10.4 Å². The average molecular weight is 208 g/mol. The van der Waals surface area contributed by atoms with Crippen molar-refractivity contribution < 1.29 is 15.0 Å². The highest BCUT2D eigenvalue weighted by Crippen LogP contribution is 2.24. The first-order valence-corrected chi connectivity index (χ1v) is 4.70. The van der Waals surface area contributed by atoms with E-state index in [1.165, 1.54) is 18.2 Å². The van der Waals surface area contributed by atoms with Crippen LogP contribution in [0.5, 0.6) is 11.5 Å². The van der Waals surface area contributed by atoms with Crippen molar-refractivity contribution in [1.29, 1.82) is 0 Å². The van der Waals surface area contributed by atoms with Crippen molar-refractivity contribution >= 4 is 5.91 Å². The Hall–Kier alpha value is -1.75. The van der Waals surface area contributed by atoms with E-state index in [0.29, 0.717) is 5.56 Å². The second-order valence-electron chi connectivity index (χ2n) is 3.53. The average Bonchev–Trinajstić information content (AvgIpc) is 2.15. The van der Waals surface area contributed by atoms with Crippen LogP contribution in [0.25, 0.3) is 0 Å². The van der Waals surface area contributed by atoms with Crippen molar-refractivity contribution in [3.05, 3.63) is 23.8 Å². The van der Waals surface area contributed by atoms with Crippen LogP contribution >= 0.6 is 0 Å². The van der Waals surface area contributed by atoms with Crippen LogP contribution in [0.3, 0.4) is 0 Å². The Morgan fingerprint density at radius 1 is 1.33 bits per heavy atom. The van der Waals surface area contributed by atoms with E-state index in [0.717, 1.165) is 13.1 Å². The molecule has 1 aliphatic rings. The van der Waals surface area contributed by atoms with Crippen molar-refractivity contribution in [2.45, 2.75) is 6.04 Å². The zero-order chi connectivity index (χ0) is 10.8. The van der Waals surface area contributed by atoms with Crippen LogP contribution in [-0.4, -0.2) is 35.3 Å². The fourth-order valence-electron chi connectivity index (χ4n) is 1.32. The Bertz CT molecular complexity index is 388. The van der Waals surface area contributed by atoms with Crippen molar-refractivity contribution in [1.82, 2.24) is 10.6 Å². The topological polar surface area (TPSA) is 81.6 Å². The Labute approximate surface area is 86.7 Å². The number of phenols is 2. The zero-order valence-corrected chi connectivity index (χ0v) is 8.03. The molecule has 0 spiro atoms. The second kappa shape index (κ2) is 3.78. The molecule has 1 aromatic carbocycles. The van der Waals surface area contributed by atoms with E-state index in [4.69, 9.17) is 5.11 Å². The third-order valence-electron chi connectivity index (χ3n) is 2.35. The summed E-state index contributed by atoms with van der Waals surface area (Å²) in [5.74, 6) is -0.747. The molecule has 4 N–H and O–H groups in total. The van der Waals surface area contributed by atoms with Gasteiger partial charge in [-0.3, -0.25) is 4.79 Å². The molecule has 1 aromatic rings. The maximum absolute atomic E-state index is 11.6. The largest absolute Gasteiger partial charge is 0.504 e. The molecule has 1 heterocycles. The van der Waals surface area contributed by atoms with E-state index in [9.17, 15) is 9.90 Å². The van der Waals surface area contributed by atoms with Gasteiger partial charge in [-0.1, -0.05) is 0 Å². The van der Waals surface area contributed by atoms with Gasteiger partial charge in [0.05, 0.1) is 6.04 Å². The summed E-state index contributed by atoms with van der Waals surface area (Å²) in [6.07, 6.45) is 0. The molecule has 80 valence electrons. The molecule has 0 radical (unpaired) electrons. The molecule has 1 fully saturated rings. The molecule has 0 aromatic heterocycles. The first kappa shape index (κ1) is 9.79. The first-order chi connectivity index (χ1) is 7.16. The van der Waals surface area contributed by atoms with Crippen molar-refractivity contribution in [3.8, 4) is 11.5 Å². The lowest BCUT2D eigenvalue weighted by Gasteiger charge is -2.27. The zero-order valence-electron chi connectivity index (χ0n) is 8.03. The van der Waals surface area contributed by atoms with Gasteiger partial charge in [0.1, 0.15) is 0 Å².